The van der Waals surface area contributed by atoms with E-state index in [1.54, 1.807) is 0 Å². The Morgan fingerprint density at radius 1 is 0.429 bits per heavy atom. The number of carboxylic acids is 2. The van der Waals surface area contributed by atoms with Crippen LogP contribution in [-0.2, 0) is 57.8 Å². The van der Waals surface area contributed by atoms with Crippen molar-refractivity contribution in [3.63, 3.8) is 0 Å². The topological polar surface area (TPSA) is 524 Å². The first-order valence-corrected chi connectivity index (χ1v) is 30.8. The van der Waals surface area contributed by atoms with Gasteiger partial charge in [0, 0.05) is 33.9 Å². The van der Waals surface area contributed by atoms with E-state index in [1.165, 1.54) is 109 Å². The molecule has 464 valence electrons. The van der Waals surface area contributed by atoms with E-state index in [2.05, 4.69) is 71.6 Å². The fourth-order valence-corrected chi connectivity index (χ4v) is 10.5. The number of anilines is 8. The van der Waals surface area contributed by atoms with E-state index in [4.69, 9.17) is 27.8 Å². The monoisotopic (exact) mass is 1390 g/mol. The number of carbonyl (C=O) groups excluding carboxylic acids is 2. The molecule has 2 heterocycles. The summed E-state index contributed by atoms with van der Waals surface area (Å²) in [7, 11) is -19.3. The summed E-state index contributed by atoms with van der Waals surface area (Å²) in [6.07, 6.45) is 0. The van der Waals surface area contributed by atoms with Gasteiger partial charge in [0.05, 0.1) is 49.4 Å². The van der Waals surface area contributed by atoms with Crippen LogP contribution >= 0.6 is 23.2 Å². The second-order valence-corrected chi connectivity index (χ2v) is 24.1. The third-order valence-corrected chi connectivity index (χ3v) is 15.7. The Hall–Kier alpha value is -10.0. The van der Waals surface area contributed by atoms with Crippen LogP contribution in [-0.4, -0.2) is 93.7 Å². The molecular formula is C52H30Cl2CrN14O18S4-4. The summed E-state index contributed by atoms with van der Waals surface area (Å²) in [5, 5.41) is 74.6. The van der Waals surface area contributed by atoms with Crippen LogP contribution in [0.2, 0.25) is 10.6 Å². The molecule has 0 saturated carbocycles. The summed E-state index contributed by atoms with van der Waals surface area (Å²) in [6.45, 7) is 0. The van der Waals surface area contributed by atoms with Crippen LogP contribution in [0.4, 0.5) is 69.3 Å². The number of carbonyl (C=O) groups is 2. The Labute approximate surface area is 532 Å². The summed E-state index contributed by atoms with van der Waals surface area (Å²) in [6, 6.07) is 30.4. The number of nitrogens with zero attached hydrogens (tertiary/aromatic N) is 10. The number of aromatic carboxylic acids is 2. The van der Waals surface area contributed by atoms with Crippen LogP contribution in [0.25, 0.3) is 21.5 Å². The van der Waals surface area contributed by atoms with Gasteiger partial charge < -0.3 is 60.4 Å². The Kier molecular flexibility index (Phi) is 19.9. The van der Waals surface area contributed by atoms with Crippen LogP contribution in [0.3, 0.4) is 0 Å². The minimum absolute atomic E-state index is 0. The summed E-state index contributed by atoms with van der Waals surface area (Å²) in [5.41, 5.74) is -1.59. The Balaban J connectivity index is 0.000000232. The van der Waals surface area contributed by atoms with E-state index in [1.807, 2.05) is 0 Å². The molecule has 10 rings (SSSR count). The standard InChI is InChI=1S/2C26H18ClN7O9S2.Cr/c2*27-24-30-25(28-14-5-8-16(9-6-14)44(38,39)40)32-26(31-24)29-15-7-10-17-13(11-15)12-20(45(41,42)43)21(22(17)35)34-33-19-4-2-1-3-18(19)23(36)37;/h2*1-12,35H,(H,36,37)(H,38,39,40)(H,41,42,43)(H2,28,29,30,31,32);/q;;+2/p-6. The number of benzene rings is 8. The van der Waals surface area contributed by atoms with E-state index in [0.717, 1.165) is 36.4 Å². The Bertz CT molecular complexity index is 4790. The maximum absolute atomic E-state index is 13.3. The molecule has 8 aromatic carbocycles. The fourth-order valence-electron chi connectivity index (χ4n) is 7.94. The average molecular weight is 1390 g/mol. The second kappa shape index (κ2) is 27.0. The minimum atomic E-state index is -5.26. The van der Waals surface area contributed by atoms with Crippen molar-refractivity contribution in [2.24, 2.45) is 20.5 Å². The van der Waals surface area contributed by atoms with Crippen molar-refractivity contribution in [1.82, 2.24) is 29.9 Å². The maximum atomic E-state index is 13.3. The van der Waals surface area contributed by atoms with Gasteiger partial charge in [0.25, 0.3) is 20.2 Å². The minimum Gasteiger partial charge on any atom is -0.871 e. The first kappa shape index (κ1) is 66.9. The molecule has 2 aromatic heterocycles. The number of fused-ring (bicyclic) bond motifs is 2. The number of aromatic nitrogens is 6. The molecule has 0 bridgehead atoms. The molecule has 6 N–H and O–H groups in total. The number of rotatable bonds is 18. The van der Waals surface area contributed by atoms with Crippen molar-refractivity contribution < 1.29 is 99.3 Å². The molecule has 0 aliphatic heterocycles. The Morgan fingerprint density at radius 3 is 1.14 bits per heavy atom. The number of halogens is 2. The SMILES string of the molecule is O=C([O-])c1ccccc1N=Nc1c(S(=O)(=O)O)cc2cc(Nc3nc(Cl)nc(Nc4ccc(S(=O)(=O)O)cc4)n3)ccc2c1[O-].O=C([O-])c1ccccc1N=Nc1c(S(=O)(=O)[O-])cc2cc(Nc3nc(Cl)nc(Nc4ccc(S(=O)(=O)[O-])cc4)n3)ccc2c1[O-].[Cr+2]. The summed E-state index contributed by atoms with van der Waals surface area (Å²) in [5.74, 6) is -5.36. The molecule has 0 saturated heterocycles. The van der Waals surface area contributed by atoms with Crippen LogP contribution in [0.1, 0.15) is 20.7 Å². The number of nitrogens with one attached hydrogen (secondary N) is 4. The van der Waals surface area contributed by atoms with Gasteiger partial charge in [-0.3, -0.25) is 9.11 Å². The molecule has 39 heteroatoms. The molecule has 0 spiro atoms. The number of azo groups is 2. The van der Waals surface area contributed by atoms with Crippen molar-refractivity contribution in [2.75, 3.05) is 21.3 Å². The van der Waals surface area contributed by atoms with Gasteiger partial charge in [-0.25, -0.2) is 16.8 Å². The molecular weight excluding hydrogens is 1360 g/mol. The van der Waals surface area contributed by atoms with Crippen LogP contribution < -0.4 is 41.7 Å². The predicted octanol–water partition coefficient (Wildman–Crippen LogP) is 6.33. The van der Waals surface area contributed by atoms with E-state index < -0.39 is 90.0 Å². The van der Waals surface area contributed by atoms with Gasteiger partial charge in [0.1, 0.15) is 25.1 Å². The van der Waals surface area contributed by atoms with Crippen molar-refractivity contribution in [2.45, 2.75) is 19.6 Å². The van der Waals surface area contributed by atoms with E-state index >= 15 is 0 Å². The zero-order valence-electron chi connectivity index (χ0n) is 44.6. The molecule has 0 radical (unpaired) electrons. The van der Waals surface area contributed by atoms with E-state index in [9.17, 15) is 77.3 Å². The number of hydrogen-bond donors (Lipinski definition) is 6. The molecule has 0 fully saturated rings. The van der Waals surface area contributed by atoms with Gasteiger partial charge >= 0.3 is 17.4 Å². The summed E-state index contributed by atoms with van der Waals surface area (Å²) >= 11 is 12.0. The van der Waals surface area contributed by atoms with Gasteiger partial charge in [-0.15, -0.1) is 20.5 Å². The predicted molar refractivity (Wildman–Crippen MR) is 308 cm³/mol. The molecule has 0 aliphatic carbocycles. The smallest absolute Gasteiger partial charge is 0.871 e. The van der Waals surface area contributed by atoms with Gasteiger partial charge in [-0.1, -0.05) is 60.0 Å². The van der Waals surface area contributed by atoms with E-state index in [-0.39, 0.29) is 112 Å². The Morgan fingerprint density at radius 2 is 0.780 bits per heavy atom. The first-order chi connectivity index (χ1) is 42.4. The maximum Gasteiger partial charge on any atom is 2.00 e. The van der Waals surface area contributed by atoms with Gasteiger partial charge in [0.15, 0.2) is 0 Å². The van der Waals surface area contributed by atoms with Gasteiger partial charge in [-0.05, 0) is 142 Å². The fraction of sp³-hybridized carbons (Fsp3) is 0. The molecule has 0 aliphatic rings. The zero-order chi connectivity index (χ0) is 65.0. The van der Waals surface area contributed by atoms with Crippen LogP contribution in [0.5, 0.6) is 11.5 Å². The van der Waals surface area contributed by atoms with Crippen molar-refractivity contribution in [3.05, 3.63) is 167 Å². The molecule has 0 atom stereocenters. The third kappa shape index (κ3) is 16.4. The largest absolute Gasteiger partial charge is 2.00 e. The normalized spacial score (nSPS) is 11.8. The van der Waals surface area contributed by atoms with Gasteiger partial charge in [-0.2, -0.15) is 46.7 Å². The molecule has 10 aromatic rings. The van der Waals surface area contributed by atoms with E-state index in [0.29, 0.717) is 11.4 Å². The van der Waals surface area contributed by atoms with Crippen molar-refractivity contribution in [1.29, 1.82) is 0 Å². The van der Waals surface area contributed by atoms with Crippen molar-refractivity contribution in [3.8, 4) is 11.5 Å². The van der Waals surface area contributed by atoms with Crippen LogP contribution in [0, 0.1) is 0 Å². The second-order valence-electron chi connectivity index (χ2n) is 17.9. The van der Waals surface area contributed by atoms with Crippen LogP contribution in [0.15, 0.2) is 186 Å². The third-order valence-electron chi connectivity index (χ3n) is 11.9. The summed E-state index contributed by atoms with van der Waals surface area (Å²) < 4.78 is 136. The number of carboxylic acid groups (broad SMARTS) is 2. The molecule has 91 heavy (non-hydrogen) atoms. The van der Waals surface area contributed by atoms with Crippen molar-refractivity contribution >= 4 is 166 Å². The average Bonchev–Trinajstić information content (AvgIpc) is 1.30. The number of hydrogen-bond acceptors (Lipinski definition) is 30. The quantitative estimate of drug-likeness (QED) is 0.0403. The summed E-state index contributed by atoms with van der Waals surface area (Å²) in [4.78, 5) is 44.2. The molecule has 0 unspecified atom stereocenters. The molecule has 0 amide bonds. The molecule has 32 nitrogen and oxygen atoms in total. The first-order valence-electron chi connectivity index (χ1n) is 24.4. The van der Waals surface area contributed by atoms with Gasteiger partial charge in [0.2, 0.25) is 34.4 Å². The zero-order valence-corrected chi connectivity index (χ0v) is 50.6.